The van der Waals surface area contributed by atoms with E-state index in [0.717, 1.165) is 21.8 Å². The van der Waals surface area contributed by atoms with Crippen LogP contribution in [0.2, 0.25) is 0 Å². The lowest BCUT2D eigenvalue weighted by atomic mass is 10.2. The summed E-state index contributed by atoms with van der Waals surface area (Å²) < 4.78 is 31.7. The highest BCUT2D eigenvalue weighted by Gasteiger charge is 2.16. The minimum absolute atomic E-state index is 0.288. The minimum atomic E-state index is -0.387. The van der Waals surface area contributed by atoms with Crippen molar-refractivity contribution in [3.05, 3.63) is 83.2 Å². The van der Waals surface area contributed by atoms with Crippen LogP contribution in [0.5, 0.6) is 11.5 Å². The Morgan fingerprint density at radius 1 is 1.00 bits per heavy atom. The molecule has 0 unspecified atom stereocenters. The zero-order chi connectivity index (χ0) is 24.1. The Bertz CT molecular complexity index is 1300. The molecule has 0 aliphatic rings. The highest BCUT2D eigenvalue weighted by Crippen LogP contribution is 2.31. The normalized spacial score (nSPS) is 10.9. The van der Waals surface area contributed by atoms with Crippen LogP contribution in [0.4, 0.5) is 4.39 Å². The molecular weight excluding hydrogens is 455 g/mol. The van der Waals surface area contributed by atoms with Gasteiger partial charge in [0.05, 0.1) is 44.0 Å². The van der Waals surface area contributed by atoms with Gasteiger partial charge in [-0.1, -0.05) is 23.9 Å². The monoisotopic (exact) mass is 480 g/mol. The standard InChI is InChI=1S/C26H25FN2O4S/c1-4-33-25(30)19-8-9-24-23(13-19)28-26(29(24)15-17-6-5-7-20(27)10-17)34-16-18-11-21(31-2)14-22(12-18)32-3/h5-14H,4,15-16H2,1-3H3. The van der Waals surface area contributed by atoms with Gasteiger partial charge in [0, 0.05) is 11.8 Å². The van der Waals surface area contributed by atoms with E-state index >= 15 is 0 Å². The second kappa shape index (κ2) is 10.6. The Morgan fingerprint density at radius 2 is 1.76 bits per heavy atom. The van der Waals surface area contributed by atoms with E-state index in [2.05, 4.69) is 0 Å². The number of esters is 1. The number of carbonyl (C=O) groups is 1. The zero-order valence-electron chi connectivity index (χ0n) is 19.2. The van der Waals surface area contributed by atoms with Crippen molar-refractivity contribution in [2.45, 2.75) is 24.4 Å². The zero-order valence-corrected chi connectivity index (χ0v) is 20.0. The average Bonchev–Trinajstić information content (AvgIpc) is 3.19. The van der Waals surface area contributed by atoms with E-state index < -0.39 is 0 Å². The van der Waals surface area contributed by atoms with E-state index in [-0.39, 0.29) is 11.8 Å². The molecule has 34 heavy (non-hydrogen) atoms. The first kappa shape index (κ1) is 23.6. The first-order chi connectivity index (χ1) is 16.5. The van der Waals surface area contributed by atoms with Crippen LogP contribution in [0.25, 0.3) is 11.0 Å². The van der Waals surface area contributed by atoms with Crippen LogP contribution in [-0.4, -0.2) is 36.3 Å². The molecule has 1 heterocycles. The molecule has 4 aromatic rings. The van der Waals surface area contributed by atoms with E-state index in [1.165, 1.54) is 12.1 Å². The lowest BCUT2D eigenvalue weighted by molar-refractivity contribution is 0.0526. The molecule has 0 saturated carbocycles. The SMILES string of the molecule is CCOC(=O)c1ccc2c(c1)nc(SCc1cc(OC)cc(OC)c1)n2Cc1cccc(F)c1. The molecule has 0 radical (unpaired) electrons. The Balaban J connectivity index is 1.70. The van der Waals surface area contributed by atoms with Crippen LogP contribution >= 0.6 is 11.8 Å². The molecule has 176 valence electrons. The molecular formula is C26H25FN2O4S. The molecule has 0 saturated heterocycles. The molecule has 0 amide bonds. The van der Waals surface area contributed by atoms with Gasteiger partial charge in [-0.05, 0) is 60.5 Å². The van der Waals surface area contributed by atoms with Gasteiger partial charge in [-0.25, -0.2) is 14.2 Å². The van der Waals surface area contributed by atoms with Crippen LogP contribution in [0, 0.1) is 5.82 Å². The number of thioether (sulfide) groups is 1. The predicted molar refractivity (Wildman–Crippen MR) is 130 cm³/mol. The number of methoxy groups -OCH3 is 2. The van der Waals surface area contributed by atoms with Crippen LogP contribution < -0.4 is 9.47 Å². The highest BCUT2D eigenvalue weighted by atomic mass is 32.2. The molecule has 6 nitrogen and oxygen atoms in total. The first-order valence-corrected chi connectivity index (χ1v) is 11.8. The smallest absolute Gasteiger partial charge is 0.338 e. The fraction of sp³-hybridized carbons (Fsp3) is 0.231. The topological polar surface area (TPSA) is 62.6 Å². The van der Waals surface area contributed by atoms with E-state index in [1.807, 2.05) is 34.9 Å². The van der Waals surface area contributed by atoms with Crippen molar-refractivity contribution in [3.63, 3.8) is 0 Å². The van der Waals surface area contributed by atoms with E-state index in [1.54, 1.807) is 51.1 Å². The number of fused-ring (bicyclic) bond motifs is 1. The Hall–Kier alpha value is -3.52. The molecule has 8 heteroatoms. The number of hydrogen-bond acceptors (Lipinski definition) is 6. The van der Waals surface area contributed by atoms with Crippen molar-refractivity contribution in [1.82, 2.24) is 9.55 Å². The fourth-order valence-electron chi connectivity index (χ4n) is 3.63. The highest BCUT2D eigenvalue weighted by molar-refractivity contribution is 7.98. The maximum absolute atomic E-state index is 13.8. The van der Waals surface area contributed by atoms with Crippen molar-refractivity contribution in [1.29, 1.82) is 0 Å². The number of halogens is 1. The number of ether oxygens (including phenoxy) is 3. The van der Waals surface area contributed by atoms with Crippen molar-refractivity contribution in [2.75, 3.05) is 20.8 Å². The van der Waals surface area contributed by atoms with Crippen LogP contribution in [0.15, 0.2) is 65.8 Å². The Labute approximate surface area is 201 Å². The average molecular weight is 481 g/mol. The van der Waals surface area contributed by atoms with E-state index in [0.29, 0.717) is 41.5 Å². The lowest BCUT2D eigenvalue weighted by Gasteiger charge is -2.11. The summed E-state index contributed by atoms with van der Waals surface area (Å²) in [6, 6.07) is 17.5. The fourth-order valence-corrected chi connectivity index (χ4v) is 4.57. The number of nitrogens with zero attached hydrogens (tertiary/aromatic N) is 2. The van der Waals surface area contributed by atoms with Crippen molar-refractivity contribution in [3.8, 4) is 11.5 Å². The third-order valence-electron chi connectivity index (χ3n) is 5.23. The third kappa shape index (κ3) is 5.34. The summed E-state index contributed by atoms with van der Waals surface area (Å²) in [6.45, 7) is 2.51. The summed E-state index contributed by atoms with van der Waals surface area (Å²) in [5.41, 5.74) is 3.80. The molecule has 0 fully saturated rings. The van der Waals surface area contributed by atoms with Gasteiger partial charge < -0.3 is 18.8 Å². The maximum Gasteiger partial charge on any atom is 0.338 e. The van der Waals surface area contributed by atoms with Gasteiger partial charge in [0.1, 0.15) is 17.3 Å². The lowest BCUT2D eigenvalue weighted by Crippen LogP contribution is -2.05. The third-order valence-corrected chi connectivity index (χ3v) is 6.28. The number of benzene rings is 3. The number of hydrogen-bond donors (Lipinski definition) is 0. The molecule has 0 atom stereocenters. The molecule has 3 aromatic carbocycles. The summed E-state index contributed by atoms with van der Waals surface area (Å²) in [4.78, 5) is 17.0. The summed E-state index contributed by atoms with van der Waals surface area (Å²) in [6.07, 6.45) is 0. The van der Waals surface area contributed by atoms with Crippen molar-refractivity contribution in [2.24, 2.45) is 0 Å². The molecule has 0 aliphatic carbocycles. The largest absolute Gasteiger partial charge is 0.497 e. The van der Waals surface area contributed by atoms with Gasteiger partial charge >= 0.3 is 5.97 Å². The second-order valence-electron chi connectivity index (χ2n) is 7.54. The van der Waals surface area contributed by atoms with Crippen LogP contribution in [-0.2, 0) is 17.0 Å². The van der Waals surface area contributed by atoms with Gasteiger partial charge in [0.15, 0.2) is 5.16 Å². The summed E-state index contributed by atoms with van der Waals surface area (Å²) >= 11 is 1.54. The summed E-state index contributed by atoms with van der Waals surface area (Å²) in [5, 5.41) is 0.752. The minimum Gasteiger partial charge on any atom is -0.497 e. The van der Waals surface area contributed by atoms with Gasteiger partial charge in [-0.3, -0.25) is 0 Å². The van der Waals surface area contributed by atoms with Crippen LogP contribution in [0.3, 0.4) is 0 Å². The Kier molecular flexibility index (Phi) is 7.37. The van der Waals surface area contributed by atoms with Crippen LogP contribution in [0.1, 0.15) is 28.4 Å². The second-order valence-corrected chi connectivity index (χ2v) is 8.49. The predicted octanol–water partition coefficient (Wildman–Crippen LogP) is 5.71. The van der Waals surface area contributed by atoms with Gasteiger partial charge in [-0.2, -0.15) is 0 Å². The Morgan fingerprint density at radius 3 is 2.44 bits per heavy atom. The number of imidazole rings is 1. The maximum atomic E-state index is 13.8. The van der Waals surface area contributed by atoms with Gasteiger partial charge in [0.2, 0.25) is 0 Å². The summed E-state index contributed by atoms with van der Waals surface area (Å²) in [7, 11) is 3.23. The number of aromatic nitrogens is 2. The first-order valence-electron chi connectivity index (χ1n) is 10.8. The van der Waals surface area contributed by atoms with Gasteiger partial charge in [0.25, 0.3) is 0 Å². The van der Waals surface area contributed by atoms with Crippen molar-refractivity contribution < 1.29 is 23.4 Å². The van der Waals surface area contributed by atoms with Gasteiger partial charge in [-0.15, -0.1) is 0 Å². The van der Waals surface area contributed by atoms with E-state index in [4.69, 9.17) is 19.2 Å². The molecule has 0 N–H and O–H groups in total. The number of rotatable bonds is 9. The quantitative estimate of drug-likeness (QED) is 0.226. The summed E-state index contributed by atoms with van der Waals surface area (Å²) in [5.74, 6) is 1.36. The van der Waals surface area contributed by atoms with Crippen molar-refractivity contribution >= 4 is 28.8 Å². The molecule has 0 spiro atoms. The van der Waals surface area contributed by atoms with E-state index in [9.17, 15) is 9.18 Å². The molecule has 4 rings (SSSR count). The molecule has 0 aliphatic heterocycles. The number of carbonyl (C=O) groups excluding carboxylic acids is 1. The molecule has 0 bridgehead atoms. The molecule has 1 aromatic heterocycles.